The van der Waals surface area contributed by atoms with E-state index in [-0.39, 0.29) is 5.91 Å². The standard InChI is InChI=1S/C13H18N6O/c1-8-10(9(2)19(4)18-8)7-15-12-6-5-11(16-17-12)13(20)14-3/h5-6H,7H2,1-4H3,(H,14,20)(H,15,17). The summed E-state index contributed by atoms with van der Waals surface area (Å²) in [6.07, 6.45) is 0. The van der Waals surface area contributed by atoms with Gasteiger partial charge in [0.25, 0.3) is 5.91 Å². The Labute approximate surface area is 117 Å². The lowest BCUT2D eigenvalue weighted by atomic mass is 10.2. The van der Waals surface area contributed by atoms with Gasteiger partial charge in [-0.15, -0.1) is 10.2 Å². The van der Waals surface area contributed by atoms with Crippen molar-refractivity contribution >= 4 is 11.7 Å². The van der Waals surface area contributed by atoms with Crippen molar-refractivity contribution in [3.63, 3.8) is 0 Å². The van der Waals surface area contributed by atoms with Gasteiger partial charge in [-0.25, -0.2) is 0 Å². The summed E-state index contributed by atoms with van der Waals surface area (Å²) in [5, 5.41) is 17.9. The number of hydrogen-bond acceptors (Lipinski definition) is 5. The fourth-order valence-corrected chi connectivity index (χ4v) is 1.93. The van der Waals surface area contributed by atoms with Crippen LogP contribution in [-0.2, 0) is 13.6 Å². The van der Waals surface area contributed by atoms with Crippen LogP contribution in [0.4, 0.5) is 5.82 Å². The van der Waals surface area contributed by atoms with Crippen LogP contribution >= 0.6 is 0 Å². The summed E-state index contributed by atoms with van der Waals surface area (Å²) in [5.41, 5.74) is 3.55. The zero-order valence-corrected chi connectivity index (χ0v) is 12.1. The molecule has 0 aliphatic carbocycles. The Bertz CT molecular complexity index is 617. The van der Waals surface area contributed by atoms with E-state index in [0.29, 0.717) is 18.1 Å². The Hall–Kier alpha value is -2.44. The number of amides is 1. The van der Waals surface area contributed by atoms with Gasteiger partial charge in [0.05, 0.1) is 5.69 Å². The highest BCUT2D eigenvalue weighted by molar-refractivity contribution is 5.91. The molecule has 0 aliphatic rings. The van der Waals surface area contributed by atoms with E-state index in [0.717, 1.165) is 17.0 Å². The molecule has 0 spiro atoms. The minimum absolute atomic E-state index is 0.247. The van der Waals surface area contributed by atoms with E-state index in [2.05, 4.69) is 25.9 Å². The molecule has 0 unspecified atom stereocenters. The molecule has 0 saturated heterocycles. The zero-order valence-electron chi connectivity index (χ0n) is 12.1. The van der Waals surface area contributed by atoms with E-state index in [1.54, 1.807) is 19.2 Å². The molecular weight excluding hydrogens is 256 g/mol. The average molecular weight is 274 g/mol. The normalized spacial score (nSPS) is 10.4. The van der Waals surface area contributed by atoms with Gasteiger partial charge in [-0.05, 0) is 26.0 Å². The van der Waals surface area contributed by atoms with Crippen molar-refractivity contribution in [1.29, 1.82) is 0 Å². The van der Waals surface area contributed by atoms with E-state index < -0.39 is 0 Å². The SMILES string of the molecule is CNC(=O)c1ccc(NCc2c(C)nn(C)c2C)nn1. The van der Waals surface area contributed by atoms with Gasteiger partial charge in [0, 0.05) is 31.9 Å². The molecule has 20 heavy (non-hydrogen) atoms. The number of aryl methyl sites for hydroxylation is 2. The molecule has 0 aromatic carbocycles. The molecule has 0 fully saturated rings. The maximum Gasteiger partial charge on any atom is 0.271 e. The largest absolute Gasteiger partial charge is 0.364 e. The van der Waals surface area contributed by atoms with Crippen molar-refractivity contribution < 1.29 is 4.79 Å². The van der Waals surface area contributed by atoms with Gasteiger partial charge >= 0.3 is 0 Å². The number of rotatable bonds is 4. The minimum atomic E-state index is -0.247. The second-order valence-electron chi connectivity index (χ2n) is 4.51. The second-order valence-corrected chi connectivity index (χ2v) is 4.51. The Morgan fingerprint density at radius 3 is 2.55 bits per heavy atom. The molecule has 0 radical (unpaired) electrons. The fraction of sp³-hybridized carbons (Fsp3) is 0.385. The van der Waals surface area contributed by atoms with Crippen LogP contribution in [0.3, 0.4) is 0 Å². The van der Waals surface area contributed by atoms with E-state index in [1.165, 1.54) is 0 Å². The molecular formula is C13H18N6O. The molecule has 2 heterocycles. The van der Waals surface area contributed by atoms with Crippen LogP contribution in [0, 0.1) is 13.8 Å². The summed E-state index contributed by atoms with van der Waals surface area (Å²) in [5.74, 6) is 0.378. The average Bonchev–Trinajstić information content (AvgIpc) is 2.70. The van der Waals surface area contributed by atoms with Crippen molar-refractivity contribution in [2.75, 3.05) is 12.4 Å². The first-order chi connectivity index (χ1) is 9.52. The van der Waals surface area contributed by atoms with Crippen LogP contribution in [0.25, 0.3) is 0 Å². The summed E-state index contributed by atoms with van der Waals surface area (Å²) in [7, 11) is 3.48. The van der Waals surface area contributed by atoms with E-state index in [9.17, 15) is 4.79 Å². The highest BCUT2D eigenvalue weighted by atomic mass is 16.1. The summed E-state index contributed by atoms with van der Waals surface area (Å²) >= 11 is 0. The predicted molar refractivity (Wildman–Crippen MR) is 75.4 cm³/mol. The molecule has 1 amide bonds. The molecule has 2 rings (SSSR count). The predicted octanol–water partition coefficient (Wildman–Crippen LogP) is 0.799. The third kappa shape index (κ3) is 2.76. The van der Waals surface area contributed by atoms with Gasteiger partial charge < -0.3 is 10.6 Å². The van der Waals surface area contributed by atoms with Crippen LogP contribution in [-0.4, -0.2) is 32.9 Å². The fourth-order valence-electron chi connectivity index (χ4n) is 1.93. The quantitative estimate of drug-likeness (QED) is 0.861. The summed E-state index contributed by atoms with van der Waals surface area (Å²) < 4.78 is 1.85. The lowest BCUT2D eigenvalue weighted by molar-refractivity contribution is 0.0957. The smallest absolute Gasteiger partial charge is 0.271 e. The van der Waals surface area contributed by atoms with Crippen molar-refractivity contribution in [2.24, 2.45) is 7.05 Å². The highest BCUT2D eigenvalue weighted by Gasteiger charge is 2.10. The molecule has 2 aromatic heterocycles. The monoisotopic (exact) mass is 274 g/mol. The molecule has 7 heteroatoms. The number of nitrogens with one attached hydrogen (secondary N) is 2. The van der Waals surface area contributed by atoms with Crippen molar-refractivity contribution in [3.8, 4) is 0 Å². The van der Waals surface area contributed by atoms with Gasteiger partial charge in [0.1, 0.15) is 5.82 Å². The van der Waals surface area contributed by atoms with Gasteiger partial charge in [-0.3, -0.25) is 9.48 Å². The van der Waals surface area contributed by atoms with Crippen LogP contribution in [0.1, 0.15) is 27.4 Å². The van der Waals surface area contributed by atoms with Crippen molar-refractivity contribution in [1.82, 2.24) is 25.3 Å². The first kappa shape index (κ1) is 14.0. The maximum absolute atomic E-state index is 11.4. The highest BCUT2D eigenvalue weighted by Crippen LogP contribution is 2.13. The van der Waals surface area contributed by atoms with E-state index >= 15 is 0 Å². The summed E-state index contributed by atoms with van der Waals surface area (Å²) in [6.45, 7) is 4.63. The van der Waals surface area contributed by atoms with Crippen LogP contribution in [0.5, 0.6) is 0 Å². The molecule has 0 saturated carbocycles. The van der Waals surface area contributed by atoms with Crippen molar-refractivity contribution in [3.05, 3.63) is 34.8 Å². The molecule has 106 valence electrons. The van der Waals surface area contributed by atoms with Gasteiger partial charge in [-0.2, -0.15) is 5.10 Å². The Kier molecular flexibility index (Phi) is 3.97. The first-order valence-corrected chi connectivity index (χ1v) is 6.31. The van der Waals surface area contributed by atoms with Gasteiger partial charge in [0.15, 0.2) is 5.69 Å². The first-order valence-electron chi connectivity index (χ1n) is 6.31. The van der Waals surface area contributed by atoms with Gasteiger partial charge in [0.2, 0.25) is 0 Å². The lowest BCUT2D eigenvalue weighted by Gasteiger charge is -2.06. The Balaban J connectivity index is 2.06. The van der Waals surface area contributed by atoms with Crippen LogP contribution in [0.15, 0.2) is 12.1 Å². The molecule has 0 bridgehead atoms. The topological polar surface area (TPSA) is 84.7 Å². The number of hydrogen-bond donors (Lipinski definition) is 2. The lowest BCUT2D eigenvalue weighted by Crippen LogP contribution is -2.19. The number of carbonyl (C=O) groups is 1. The third-order valence-corrected chi connectivity index (χ3v) is 3.23. The minimum Gasteiger partial charge on any atom is -0.364 e. The summed E-state index contributed by atoms with van der Waals surface area (Å²) in [4.78, 5) is 11.4. The molecule has 7 nitrogen and oxygen atoms in total. The van der Waals surface area contributed by atoms with E-state index in [4.69, 9.17) is 0 Å². The number of anilines is 1. The maximum atomic E-state index is 11.4. The summed E-state index contributed by atoms with van der Waals surface area (Å²) in [6, 6.07) is 3.37. The molecule has 2 aromatic rings. The molecule has 2 N–H and O–H groups in total. The number of carbonyl (C=O) groups excluding carboxylic acids is 1. The van der Waals surface area contributed by atoms with Gasteiger partial charge in [-0.1, -0.05) is 0 Å². The molecule has 0 atom stereocenters. The third-order valence-electron chi connectivity index (χ3n) is 3.23. The Morgan fingerprint density at radius 1 is 1.30 bits per heavy atom. The second kappa shape index (κ2) is 5.68. The Morgan fingerprint density at radius 2 is 2.05 bits per heavy atom. The van der Waals surface area contributed by atoms with Crippen LogP contribution in [0.2, 0.25) is 0 Å². The van der Waals surface area contributed by atoms with Crippen LogP contribution < -0.4 is 10.6 Å². The molecule has 0 aliphatic heterocycles. The van der Waals surface area contributed by atoms with Crippen molar-refractivity contribution in [2.45, 2.75) is 20.4 Å². The number of aromatic nitrogens is 4. The number of nitrogens with zero attached hydrogens (tertiary/aromatic N) is 4. The zero-order chi connectivity index (χ0) is 14.7. The van der Waals surface area contributed by atoms with E-state index in [1.807, 2.05) is 25.6 Å².